The molecule has 6 nitrogen and oxygen atoms in total. The van der Waals surface area contributed by atoms with Gasteiger partial charge in [0.05, 0.1) is 5.69 Å². The molecule has 0 amide bonds. The van der Waals surface area contributed by atoms with Crippen LogP contribution in [0.1, 0.15) is 22.9 Å². The number of hydrogen-bond donors (Lipinski definition) is 1. The molecular weight excluding hydrogens is 336 g/mol. The van der Waals surface area contributed by atoms with Crippen LogP contribution in [0.15, 0.2) is 36.8 Å². The summed E-state index contributed by atoms with van der Waals surface area (Å²) in [5.74, 6) is 0. The lowest BCUT2D eigenvalue weighted by atomic mass is 10.0. The molecule has 25 heavy (non-hydrogen) atoms. The van der Waals surface area contributed by atoms with Crippen molar-refractivity contribution in [1.29, 1.82) is 0 Å². The van der Waals surface area contributed by atoms with Crippen molar-refractivity contribution in [3.63, 3.8) is 0 Å². The van der Waals surface area contributed by atoms with Gasteiger partial charge in [0.15, 0.2) is 5.65 Å². The van der Waals surface area contributed by atoms with Crippen molar-refractivity contribution in [2.24, 2.45) is 7.05 Å². The zero-order valence-corrected chi connectivity index (χ0v) is 15.3. The first-order chi connectivity index (χ1) is 11.7. The normalized spacial score (nSPS) is 18.2. The Labute approximate surface area is 153 Å². The van der Waals surface area contributed by atoms with Crippen LogP contribution in [-0.2, 0) is 13.6 Å². The first-order valence-corrected chi connectivity index (χ1v) is 8.35. The SMILES string of the molecule is Cc1nn(C)c2ncc(CN3CCNCC3c3cccnc3)cc12.Cl. The number of hydrogen-bond acceptors (Lipinski definition) is 5. The van der Waals surface area contributed by atoms with E-state index in [0.717, 1.165) is 42.9 Å². The molecule has 0 saturated carbocycles. The minimum absolute atomic E-state index is 0. The lowest BCUT2D eigenvalue weighted by Crippen LogP contribution is -2.45. The molecule has 132 valence electrons. The van der Waals surface area contributed by atoms with E-state index < -0.39 is 0 Å². The quantitative estimate of drug-likeness (QED) is 0.778. The van der Waals surface area contributed by atoms with Crippen molar-refractivity contribution < 1.29 is 0 Å². The van der Waals surface area contributed by atoms with Crippen LogP contribution in [0.5, 0.6) is 0 Å². The fourth-order valence-corrected chi connectivity index (χ4v) is 3.51. The molecule has 1 aliphatic heterocycles. The highest BCUT2D eigenvalue weighted by Gasteiger charge is 2.24. The Hall–Kier alpha value is -2.02. The number of pyridine rings is 2. The second-order valence-electron chi connectivity index (χ2n) is 6.40. The highest BCUT2D eigenvalue weighted by molar-refractivity contribution is 5.85. The molecular formula is C18H23ClN6. The average Bonchev–Trinajstić information content (AvgIpc) is 2.90. The molecule has 1 aliphatic rings. The second kappa shape index (κ2) is 7.47. The maximum absolute atomic E-state index is 4.61. The van der Waals surface area contributed by atoms with E-state index >= 15 is 0 Å². The molecule has 3 aromatic heterocycles. The molecule has 0 aromatic carbocycles. The van der Waals surface area contributed by atoms with Crippen molar-refractivity contribution in [3.05, 3.63) is 53.6 Å². The van der Waals surface area contributed by atoms with Crippen molar-refractivity contribution in [1.82, 2.24) is 30.0 Å². The van der Waals surface area contributed by atoms with E-state index in [4.69, 9.17) is 0 Å². The summed E-state index contributed by atoms with van der Waals surface area (Å²) >= 11 is 0. The fourth-order valence-electron chi connectivity index (χ4n) is 3.51. The maximum Gasteiger partial charge on any atom is 0.157 e. The molecule has 1 N–H and O–H groups in total. The Kier molecular flexibility index (Phi) is 5.32. The summed E-state index contributed by atoms with van der Waals surface area (Å²) in [7, 11) is 1.94. The number of nitrogens with one attached hydrogen (secondary N) is 1. The third-order valence-corrected chi connectivity index (χ3v) is 4.73. The topological polar surface area (TPSA) is 58.9 Å². The molecule has 4 heterocycles. The summed E-state index contributed by atoms with van der Waals surface area (Å²) in [6, 6.07) is 6.74. The smallest absolute Gasteiger partial charge is 0.157 e. The van der Waals surface area contributed by atoms with Crippen molar-refractivity contribution in [2.45, 2.75) is 19.5 Å². The van der Waals surface area contributed by atoms with Crippen LogP contribution in [0.3, 0.4) is 0 Å². The Morgan fingerprint density at radius 3 is 3.00 bits per heavy atom. The largest absolute Gasteiger partial charge is 0.314 e. The Morgan fingerprint density at radius 1 is 1.32 bits per heavy atom. The van der Waals surface area contributed by atoms with Crippen LogP contribution in [0.4, 0.5) is 0 Å². The zero-order chi connectivity index (χ0) is 16.5. The molecule has 4 rings (SSSR count). The van der Waals surface area contributed by atoms with Gasteiger partial charge in [-0.05, 0) is 30.2 Å². The van der Waals surface area contributed by atoms with Crippen LogP contribution in [0, 0.1) is 6.92 Å². The van der Waals surface area contributed by atoms with Gasteiger partial charge in [-0.3, -0.25) is 14.6 Å². The lowest BCUT2D eigenvalue weighted by Gasteiger charge is -2.36. The molecule has 0 radical (unpaired) electrons. The van der Waals surface area contributed by atoms with Gasteiger partial charge in [-0.2, -0.15) is 5.10 Å². The summed E-state index contributed by atoms with van der Waals surface area (Å²) < 4.78 is 1.84. The van der Waals surface area contributed by atoms with Crippen LogP contribution in [0.2, 0.25) is 0 Å². The van der Waals surface area contributed by atoms with Gasteiger partial charge in [0.25, 0.3) is 0 Å². The summed E-state index contributed by atoms with van der Waals surface area (Å²) in [5.41, 5.74) is 4.47. The maximum atomic E-state index is 4.61. The lowest BCUT2D eigenvalue weighted by molar-refractivity contribution is 0.153. The molecule has 7 heteroatoms. The van der Waals surface area contributed by atoms with Crippen LogP contribution >= 0.6 is 12.4 Å². The number of fused-ring (bicyclic) bond motifs is 1. The van der Waals surface area contributed by atoms with Crippen molar-refractivity contribution >= 4 is 23.4 Å². The molecule has 1 saturated heterocycles. The van der Waals surface area contributed by atoms with Crippen molar-refractivity contribution in [2.75, 3.05) is 19.6 Å². The number of halogens is 1. The standard InChI is InChI=1S/C18H22N6.ClH/c1-13-16-8-14(9-21-18(16)23(2)22-13)12-24-7-6-20-11-17(24)15-4-3-5-19-10-15;/h3-5,8-10,17,20H,6-7,11-12H2,1-2H3;1H. The van der Waals surface area contributed by atoms with E-state index in [-0.39, 0.29) is 12.4 Å². The molecule has 1 unspecified atom stereocenters. The number of nitrogens with zero attached hydrogens (tertiary/aromatic N) is 5. The van der Waals surface area contributed by atoms with Gasteiger partial charge in [0.1, 0.15) is 0 Å². The minimum Gasteiger partial charge on any atom is -0.314 e. The summed E-state index contributed by atoms with van der Waals surface area (Å²) in [6.45, 7) is 5.91. The highest BCUT2D eigenvalue weighted by Crippen LogP contribution is 2.24. The fraction of sp³-hybridized carbons (Fsp3) is 0.389. The zero-order valence-electron chi connectivity index (χ0n) is 14.5. The molecule has 0 aliphatic carbocycles. The van der Waals surface area contributed by atoms with Crippen LogP contribution in [0.25, 0.3) is 11.0 Å². The second-order valence-corrected chi connectivity index (χ2v) is 6.40. The summed E-state index contributed by atoms with van der Waals surface area (Å²) in [6.07, 6.45) is 5.77. The summed E-state index contributed by atoms with van der Waals surface area (Å²) in [5, 5.41) is 9.10. The van der Waals surface area contributed by atoms with Gasteiger partial charge < -0.3 is 5.32 Å². The third-order valence-electron chi connectivity index (χ3n) is 4.73. The predicted octanol–water partition coefficient (Wildman–Crippen LogP) is 2.24. The van der Waals surface area contributed by atoms with E-state index in [0.29, 0.717) is 6.04 Å². The Bertz CT molecular complexity index is 847. The Morgan fingerprint density at radius 2 is 2.20 bits per heavy atom. The van der Waals surface area contributed by atoms with Crippen molar-refractivity contribution in [3.8, 4) is 0 Å². The van der Waals surface area contributed by atoms with E-state index in [1.54, 1.807) is 0 Å². The first kappa shape index (κ1) is 17.8. The molecule has 1 atom stereocenters. The van der Waals surface area contributed by atoms with Crippen LogP contribution in [-0.4, -0.2) is 44.3 Å². The molecule has 1 fully saturated rings. The number of rotatable bonds is 3. The van der Waals surface area contributed by atoms with Gasteiger partial charge in [0, 0.05) is 63.2 Å². The molecule has 3 aromatic rings. The van der Waals surface area contributed by atoms with Gasteiger partial charge in [-0.25, -0.2) is 4.98 Å². The minimum atomic E-state index is 0. The highest BCUT2D eigenvalue weighted by atomic mass is 35.5. The number of piperazine rings is 1. The monoisotopic (exact) mass is 358 g/mol. The third kappa shape index (κ3) is 3.51. The van der Waals surface area contributed by atoms with E-state index in [1.807, 2.05) is 43.3 Å². The summed E-state index contributed by atoms with van der Waals surface area (Å²) in [4.78, 5) is 11.4. The van der Waals surface area contributed by atoms with Crippen LogP contribution < -0.4 is 5.32 Å². The number of aromatic nitrogens is 4. The van der Waals surface area contributed by atoms with E-state index in [9.17, 15) is 0 Å². The molecule has 0 spiro atoms. The van der Waals surface area contributed by atoms with Gasteiger partial charge in [-0.15, -0.1) is 12.4 Å². The molecule has 0 bridgehead atoms. The average molecular weight is 359 g/mol. The Balaban J connectivity index is 0.00000182. The first-order valence-electron chi connectivity index (χ1n) is 8.35. The van der Waals surface area contributed by atoms with E-state index in [1.165, 1.54) is 11.1 Å². The number of aryl methyl sites for hydroxylation is 2. The van der Waals surface area contributed by atoms with Gasteiger partial charge in [-0.1, -0.05) is 6.07 Å². The van der Waals surface area contributed by atoms with E-state index in [2.05, 4.69) is 37.4 Å². The van der Waals surface area contributed by atoms with Gasteiger partial charge in [0.2, 0.25) is 0 Å². The predicted molar refractivity (Wildman–Crippen MR) is 101 cm³/mol. The van der Waals surface area contributed by atoms with Gasteiger partial charge >= 0.3 is 0 Å².